The van der Waals surface area contributed by atoms with Crippen molar-refractivity contribution >= 4 is 5.96 Å². The molecule has 1 rings (SSSR count). The molecule has 0 amide bonds. The first-order valence-corrected chi connectivity index (χ1v) is 7.59. The van der Waals surface area contributed by atoms with E-state index in [-0.39, 0.29) is 0 Å². The number of rotatable bonds is 6. The highest BCUT2D eigenvalue weighted by atomic mass is 16.5. The zero-order valence-corrected chi connectivity index (χ0v) is 13.3. The molecule has 4 heteroatoms. The van der Waals surface area contributed by atoms with Gasteiger partial charge >= 0.3 is 0 Å². The van der Waals surface area contributed by atoms with Crippen LogP contribution in [-0.4, -0.2) is 49.7 Å². The van der Waals surface area contributed by atoms with Gasteiger partial charge in [-0.1, -0.05) is 13.8 Å². The summed E-state index contributed by atoms with van der Waals surface area (Å²) in [5.41, 5.74) is 0.414. The molecule has 1 aliphatic rings. The smallest absolute Gasteiger partial charge is 0.193 e. The maximum Gasteiger partial charge on any atom is 0.193 e. The molecule has 0 aromatic carbocycles. The zero-order valence-electron chi connectivity index (χ0n) is 13.3. The molecule has 0 saturated carbocycles. The van der Waals surface area contributed by atoms with Gasteiger partial charge in [0.1, 0.15) is 0 Å². The lowest BCUT2D eigenvalue weighted by atomic mass is 9.93. The van der Waals surface area contributed by atoms with E-state index in [1.54, 1.807) is 0 Å². The zero-order chi connectivity index (χ0) is 14.3. The van der Waals surface area contributed by atoms with Gasteiger partial charge in [0.2, 0.25) is 0 Å². The van der Waals surface area contributed by atoms with Gasteiger partial charge in [0.25, 0.3) is 0 Å². The van der Waals surface area contributed by atoms with Gasteiger partial charge in [0.15, 0.2) is 5.96 Å². The molecule has 19 heavy (non-hydrogen) atoms. The third-order valence-electron chi connectivity index (χ3n) is 3.33. The molecular formula is C15H31N3O. The highest BCUT2D eigenvalue weighted by Gasteiger charge is 2.30. The molecule has 0 atom stereocenters. The normalized spacial score (nSPS) is 19.3. The Morgan fingerprint density at radius 1 is 1.42 bits per heavy atom. The van der Waals surface area contributed by atoms with Gasteiger partial charge in [0, 0.05) is 32.8 Å². The van der Waals surface area contributed by atoms with Crippen LogP contribution in [0, 0.1) is 5.41 Å². The Labute approximate surface area is 118 Å². The second-order valence-electron chi connectivity index (χ2n) is 6.34. The molecular weight excluding hydrogens is 238 g/mol. The van der Waals surface area contributed by atoms with E-state index < -0.39 is 0 Å². The minimum Gasteiger partial charge on any atom is -0.379 e. The first kappa shape index (κ1) is 16.3. The van der Waals surface area contributed by atoms with Crippen molar-refractivity contribution < 1.29 is 4.74 Å². The quantitative estimate of drug-likeness (QED) is 0.457. The molecule has 0 aliphatic carbocycles. The first-order valence-electron chi connectivity index (χ1n) is 7.59. The van der Waals surface area contributed by atoms with Gasteiger partial charge in [-0.2, -0.15) is 0 Å². The van der Waals surface area contributed by atoms with Crippen LogP contribution in [0.25, 0.3) is 0 Å². The molecule has 1 N–H and O–H groups in total. The molecule has 112 valence electrons. The number of likely N-dealkylation sites (tertiary alicyclic amines) is 1. The minimum absolute atomic E-state index is 0.316. The summed E-state index contributed by atoms with van der Waals surface area (Å²) in [6.45, 7) is 15.7. The fourth-order valence-electron chi connectivity index (χ4n) is 2.29. The molecule has 1 fully saturated rings. The number of nitrogens with one attached hydrogen (secondary N) is 1. The van der Waals surface area contributed by atoms with Gasteiger partial charge in [-0.25, -0.2) is 0 Å². The number of hydrogen-bond acceptors (Lipinski definition) is 2. The van der Waals surface area contributed by atoms with Crippen LogP contribution in [0.1, 0.15) is 47.5 Å². The molecule has 0 unspecified atom stereocenters. The van der Waals surface area contributed by atoms with Crippen LogP contribution >= 0.6 is 0 Å². The Kier molecular flexibility index (Phi) is 6.63. The second kappa shape index (κ2) is 7.73. The Morgan fingerprint density at radius 3 is 2.68 bits per heavy atom. The molecule has 0 spiro atoms. The van der Waals surface area contributed by atoms with Crippen molar-refractivity contribution in [3.63, 3.8) is 0 Å². The van der Waals surface area contributed by atoms with Gasteiger partial charge in [0.05, 0.1) is 6.10 Å². The third-order valence-corrected chi connectivity index (χ3v) is 3.33. The Bertz CT molecular complexity index is 287. The number of aliphatic imine (C=N–C) groups is 1. The summed E-state index contributed by atoms with van der Waals surface area (Å²) in [4.78, 5) is 7.09. The van der Waals surface area contributed by atoms with Gasteiger partial charge in [-0.15, -0.1) is 0 Å². The van der Waals surface area contributed by atoms with Crippen molar-refractivity contribution in [2.45, 2.75) is 53.6 Å². The summed E-state index contributed by atoms with van der Waals surface area (Å²) < 4.78 is 5.54. The average molecular weight is 269 g/mol. The fraction of sp³-hybridized carbons (Fsp3) is 0.933. The van der Waals surface area contributed by atoms with Crippen LogP contribution < -0.4 is 5.32 Å². The van der Waals surface area contributed by atoms with Crippen LogP contribution in [-0.2, 0) is 4.74 Å². The summed E-state index contributed by atoms with van der Waals surface area (Å²) in [7, 11) is 0. The predicted molar refractivity (Wildman–Crippen MR) is 81.7 cm³/mol. The van der Waals surface area contributed by atoms with E-state index in [0.717, 1.165) is 45.2 Å². The van der Waals surface area contributed by atoms with Crippen LogP contribution in [0.3, 0.4) is 0 Å². The maximum absolute atomic E-state index is 5.54. The van der Waals surface area contributed by atoms with E-state index in [1.165, 1.54) is 6.42 Å². The standard InChI is InChI=1S/C15H31N3O/c1-6-16-14(17-9-7-11-19-13(2)3)18-10-8-15(4,5)12-18/h13H,6-12H2,1-5H3,(H,16,17). The minimum atomic E-state index is 0.316. The fourth-order valence-corrected chi connectivity index (χ4v) is 2.29. The van der Waals surface area contributed by atoms with E-state index in [0.29, 0.717) is 11.5 Å². The van der Waals surface area contributed by atoms with Crippen molar-refractivity contribution in [2.24, 2.45) is 10.4 Å². The molecule has 1 aliphatic heterocycles. The molecule has 0 radical (unpaired) electrons. The van der Waals surface area contributed by atoms with Crippen LogP contribution in [0.2, 0.25) is 0 Å². The van der Waals surface area contributed by atoms with Crippen LogP contribution in [0.4, 0.5) is 0 Å². The molecule has 0 aromatic heterocycles. The van der Waals surface area contributed by atoms with Gasteiger partial charge in [-0.3, -0.25) is 4.99 Å². The lowest BCUT2D eigenvalue weighted by Gasteiger charge is -2.23. The van der Waals surface area contributed by atoms with Crippen LogP contribution in [0.5, 0.6) is 0 Å². The second-order valence-corrected chi connectivity index (χ2v) is 6.34. The Balaban J connectivity index is 2.39. The maximum atomic E-state index is 5.54. The predicted octanol–water partition coefficient (Wildman–Crippen LogP) is 2.50. The topological polar surface area (TPSA) is 36.9 Å². The average Bonchev–Trinajstić information content (AvgIpc) is 2.67. The first-order chi connectivity index (χ1) is 8.94. The molecule has 1 heterocycles. The number of ether oxygens (including phenoxy) is 1. The number of hydrogen-bond donors (Lipinski definition) is 1. The summed E-state index contributed by atoms with van der Waals surface area (Å²) in [5.74, 6) is 1.07. The van der Waals surface area contributed by atoms with E-state index in [1.807, 2.05) is 0 Å². The van der Waals surface area contributed by atoms with Gasteiger partial charge in [-0.05, 0) is 39.0 Å². The molecule has 1 saturated heterocycles. The van der Waals surface area contributed by atoms with Crippen molar-refractivity contribution in [1.29, 1.82) is 0 Å². The Morgan fingerprint density at radius 2 is 2.16 bits per heavy atom. The largest absolute Gasteiger partial charge is 0.379 e. The monoisotopic (exact) mass is 269 g/mol. The van der Waals surface area contributed by atoms with Gasteiger partial charge < -0.3 is 15.0 Å². The summed E-state index contributed by atoms with van der Waals surface area (Å²) in [5, 5.41) is 3.40. The summed E-state index contributed by atoms with van der Waals surface area (Å²) in [6, 6.07) is 0. The molecule has 0 bridgehead atoms. The van der Waals surface area contributed by atoms with E-state index in [2.05, 4.69) is 44.8 Å². The third kappa shape index (κ3) is 6.28. The number of guanidine groups is 1. The lowest BCUT2D eigenvalue weighted by Crippen LogP contribution is -2.40. The highest BCUT2D eigenvalue weighted by molar-refractivity contribution is 5.80. The molecule has 0 aromatic rings. The number of nitrogens with zero attached hydrogens (tertiary/aromatic N) is 2. The van der Waals surface area contributed by atoms with Crippen molar-refractivity contribution in [3.05, 3.63) is 0 Å². The highest BCUT2D eigenvalue weighted by Crippen LogP contribution is 2.28. The van der Waals surface area contributed by atoms with E-state index in [9.17, 15) is 0 Å². The van der Waals surface area contributed by atoms with Crippen LogP contribution in [0.15, 0.2) is 4.99 Å². The summed E-state index contributed by atoms with van der Waals surface area (Å²) >= 11 is 0. The molecule has 4 nitrogen and oxygen atoms in total. The van der Waals surface area contributed by atoms with E-state index in [4.69, 9.17) is 9.73 Å². The lowest BCUT2D eigenvalue weighted by molar-refractivity contribution is 0.0782. The summed E-state index contributed by atoms with van der Waals surface area (Å²) in [6.07, 6.45) is 2.55. The van der Waals surface area contributed by atoms with E-state index >= 15 is 0 Å². The Hall–Kier alpha value is -0.770. The van der Waals surface area contributed by atoms with Crippen molar-refractivity contribution in [1.82, 2.24) is 10.2 Å². The van der Waals surface area contributed by atoms with Crippen molar-refractivity contribution in [2.75, 3.05) is 32.8 Å². The SMILES string of the molecule is CCNC(=NCCCOC(C)C)N1CCC(C)(C)C1. The van der Waals surface area contributed by atoms with Crippen molar-refractivity contribution in [3.8, 4) is 0 Å².